The number of hydrogen-bond donors (Lipinski definition) is 7. The minimum Gasteiger partial charge on any atom is -0.466 e. The predicted octanol–water partition coefficient (Wildman–Crippen LogP) is 11.5. The van der Waals surface area contributed by atoms with Crippen molar-refractivity contribution in [1.82, 2.24) is 78.9 Å². The van der Waals surface area contributed by atoms with E-state index in [1.54, 1.807) is 108 Å². The van der Waals surface area contributed by atoms with Crippen molar-refractivity contribution in [3.8, 4) is 11.5 Å². The number of hydrogen-bond acceptors (Lipinski definition) is 33. The fraction of sp³-hybridized carbons (Fsp3) is 0.488. The van der Waals surface area contributed by atoms with Gasteiger partial charge in [-0.3, -0.25) is 51.4 Å². The number of nitrogens with one attached hydrogen (secondary N) is 4. The number of carbonyl (C=O) groups is 5. The summed E-state index contributed by atoms with van der Waals surface area (Å²) in [7, 11) is -11.5. The van der Waals surface area contributed by atoms with Gasteiger partial charge in [-0.15, -0.1) is 0 Å². The molecular formula is C86H116N19O21P3. The van der Waals surface area contributed by atoms with Crippen LogP contribution in [0.1, 0.15) is 143 Å². The molecule has 9 heterocycles. The Morgan fingerprint density at radius 2 is 0.791 bits per heavy atom. The van der Waals surface area contributed by atoms with Gasteiger partial charge in [0, 0.05) is 19.3 Å². The van der Waals surface area contributed by atoms with Crippen molar-refractivity contribution < 1.29 is 98.8 Å². The zero-order valence-electron chi connectivity index (χ0n) is 73.7. The Bertz CT molecular complexity index is 5330. The highest BCUT2D eigenvalue weighted by Crippen LogP contribution is 2.48. The summed E-state index contributed by atoms with van der Waals surface area (Å²) < 4.78 is 123. The van der Waals surface area contributed by atoms with Crippen LogP contribution >= 0.6 is 22.5 Å². The Balaban J connectivity index is 0.000000190. The Morgan fingerprint density at radius 3 is 1.17 bits per heavy atom. The lowest BCUT2D eigenvalue weighted by atomic mass is 10.1. The molecule has 40 nitrogen and oxygen atoms in total. The number of para-hydroxylation sites is 2. The molecule has 0 radical (unpaired) electrons. The first-order chi connectivity index (χ1) is 62.0. The number of benzene rings is 4. The summed E-state index contributed by atoms with van der Waals surface area (Å²) >= 11 is 0. The number of carbonyl (C=O) groups excluding carboxylic acids is 5. The lowest BCUT2D eigenvalue weighted by molar-refractivity contribution is -0.152. The fourth-order valence-corrected chi connectivity index (χ4v) is 19.0. The molecule has 0 saturated carbocycles. The van der Waals surface area contributed by atoms with E-state index in [9.17, 15) is 33.1 Å². The van der Waals surface area contributed by atoms with E-state index < -0.39 is 114 Å². The summed E-state index contributed by atoms with van der Waals surface area (Å²) in [6, 6.07) is 31.8. The molecule has 696 valence electrons. The van der Waals surface area contributed by atoms with Gasteiger partial charge in [-0.1, -0.05) is 139 Å². The van der Waals surface area contributed by atoms with Crippen LogP contribution in [-0.4, -0.2) is 202 Å². The van der Waals surface area contributed by atoms with Crippen LogP contribution in [0.2, 0.25) is 0 Å². The van der Waals surface area contributed by atoms with Gasteiger partial charge in [-0.25, -0.2) is 65.2 Å². The molecule has 43 heteroatoms. The van der Waals surface area contributed by atoms with Gasteiger partial charge in [0.1, 0.15) is 109 Å². The molecule has 12 atom stereocenters. The number of esters is 5. The van der Waals surface area contributed by atoms with E-state index in [2.05, 4.69) is 65.2 Å². The second kappa shape index (κ2) is 48.2. The summed E-state index contributed by atoms with van der Waals surface area (Å²) in [5, 5.41) is 11.7. The number of nitrogens with zero attached hydrogens (tertiary/aromatic N) is 12. The molecule has 10 N–H and O–H groups in total. The fourth-order valence-electron chi connectivity index (χ4n) is 13.5. The maximum Gasteiger partial charge on any atom is 0.342 e. The van der Waals surface area contributed by atoms with Crippen LogP contribution in [0, 0.1) is 11.8 Å². The van der Waals surface area contributed by atoms with Gasteiger partial charge in [0.2, 0.25) is 7.44 Å². The zero-order valence-corrected chi connectivity index (χ0v) is 76.4. The van der Waals surface area contributed by atoms with Gasteiger partial charge in [0.15, 0.2) is 34.4 Å². The topological polar surface area (TPSA) is 514 Å². The third-order valence-corrected chi connectivity index (χ3v) is 25.6. The molecule has 2 unspecified atom stereocenters. The third-order valence-electron chi connectivity index (χ3n) is 20.1. The molecule has 129 heavy (non-hydrogen) atoms. The molecule has 3 aliphatic rings. The smallest absolute Gasteiger partial charge is 0.342 e. The highest BCUT2D eigenvalue weighted by atomic mass is 31.2. The molecular weight excluding hydrogens is 1730 g/mol. The highest BCUT2D eigenvalue weighted by Gasteiger charge is 2.42. The number of nitrogen functional groups attached to an aromatic ring is 3. The molecule has 0 spiro atoms. The number of anilines is 3. The van der Waals surface area contributed by atoms with Gasteiger partial charge in [0.05, 0.1) is 96.1 Å². The quantitative estimate of drug-likeness (QED) is 0.0106. The highest BCUT2D eigenvalue weighted by molar-refractivity contribution is 7.59. The summed E-state index contributed by atoms with van der Waals surface area (Å²) in [6.07, 6.45) is 8.67. The predicted molar refractivity (Wildman–Crippen MR) is 477 cm³/mol. The minimum absolute atomic E-state index is 0.151. The molecule has 0 bridgehead atoms. The van der Waals surface area contributed by atoms with Crippen molar-refractivity contribution in [2.24, 2.45) is 11.8 Å². The van der Waals surface area contributed by atoms with Crippen LogP contribution < -0.4 is 46.6 Å². The van der Waals surface area contributed by atoms with Gasteiger partial charge in [-0.05, 0) is 107 Å². The van der Waals surface area contributed by atoms with Crippen molar-refractivity contribution in [1.29, 1.82) is 0 Å². The zero-order chi connectivity index (χ0) is 92.0. The first kappa shape index (κ1) is 98.8. The van der Waals surface area contributed by atoms with Crippen LogP contribution in [0.3, 0.4) is 0 Å². The largest absolute Gasteiger partial charge is 0.466 e. The molecule has 3 aliphatic heterocycles. The number of fused-ring (bicyclic) bond motifs is 3. The maximum absolute atomic E-state index is 15.0. The van der Waals surface area contributed by atoms with Gasteiger partial charge < -0.3 is 78.4 Å². The Kier molecular flexibility index (Phi) is 36.9. The Hall–Kier alpha value is -10.8. The molecule has 4 aromatic carbocycles. The molecule has 10 aromatic rings. The number of ether oxygens (including phenoxy) is 11. The summed E-state index contributed by atoms with van der Waals surface area (Å²) in [5.41, 5.74) is 22.4. The summed E-state index contributed by atoms with van der Waals surface area (Å²) in [5.74, 6) is -0.869. The molecule has 3 fully saturated rings. The minimum atomic E-state index is -3.97. The molecule has 13 rings (SSSR count). The third kappa shape index (κ3) is 29.6. The van der Waals surface area contributed by atoms with E-state index in [0.717, 1.165) is 11.1 Å². The van der Waals surface area contributed by atoms with E-state index >= 15 is 4.57 Å². The van der Waals surface area contributed by atoms with Crippen LogP contribution in [0.5, 0.6) is 11.5 Å². The maximum atomic E-state index is 15.0. The number of rotatable bonds is 45. The van der Waals surface area contributed by atoms with Crippen LogP contribution in [0.4, 0.5) is 17.5 Å². The second-order valence-corrected chi connectivity index (χ2v) is 38.4. The van der Waals surface area contributed by atoms with Gasteiger partial charge in [-0.2, -0.15) is 0 Å². The van der Waals surface area contributed by atoms with E-state index in [0.29, 0.717) is 102 Å². The average Bonchev–Trinajstić information content (AvgIpc) is 1.64. The van der Waals surface area contributed by atoms with Crippen molar-refractivity contribution in [2.75, 3.05) is 82.5 Å². The van der Waals surface area contributed by atoms with Gasteiger partial charge >= 0.3 is 44.9 Å². The van der Waals surface area contributed by atoms with Crippen LogP contribution in [0.15, 0.2) is 159 Å². The van der Waals surface area contributed by atoms with Gasteiger partial charge in [0.25, 0.3) is 0 Å². The number of imidazole rings is 3. The van der Waals surface area contributed by atoms with Crippen molar-refractivity contribution >= 4 is 103 Å². The first-order valence-corrected chi connectivity index (χ1v) is 48.4. The number of aromatic nitrogens is 12. The van der Waals surface area contributed by atoms with E-state index in [4.69, 9.17) is 78.4 Å². The lowest BCUT2D eigenvalue weighted by Crippen LogP contribution is -2.47. The average molecular weight is 1840 g/mol. The lowest BCUT2D eigenvalue weighted by Gasteiger charge is -2.29. The van der Waals surface area contributed by atoms with Crippen molar-refractivity contribution in [3.05, 3.63) is 170 Å². The first-order valence-electron chi connectivity index (χ1n) is 42.8. The van der Waals surface area contributed by atoms with Crippen LogP contribution in [0.25, 0.3) is 33.5 Å². The Morgan fingerprint density at radius 1 is 0.434 bits per heavy atom. The standard InChI is InChI=1S/C34H44N7O7P.C30H43N6O8P.C22H29N6O6P/c1-3-15-45-33(42)27(17-24-11-7-5-8-12-24)39-49(44,40-28(34(43)46-16-4-2)18-25-13-9-6-10-14-25)23-48-26-19-29(47-20-26)41-22-38-30-31(35)36-21-37-32(30)41;1-20(2)10-12-40-26(37)15-24(30(38)41-13-11-21(3)4)35-45(39,44-22-8-6-5-7-9-22)19-43-23-14-25(42-16-23)36-18-34-27-28(31)32-17-33-29(27)36;1-14(2)33-22(29)15(3)27-35(30,34-16-7-5-4-6-8-16)13-32-17-9-18(31-10-17)28-12-26-19-20(23)24-11-25-21(19)28/h5-14,21-22,26-29H,3-4,15-20,23H2,1-2H3,(H2,35,36,37)(H2,39,40,44);5-9,17-18,20-21,23-25H,10-16,19H2,1-4H3,(H,35,39)(H2,31,32,33);4-8,11-12,14-15,17-18H,9-10,13H2,1-3H3,(H,27,30)(H2,23,24,25)/t26-,27+,28+,29-;23-,24+,25-,45?;15-,17+,18+,35?/m110/s1. The number of nitrogens with two attached hydrogens (primary N) is 3. The summed E-state index contributed by atoms with van der Waals surface area (Å²) in [6.45, 7) is 18.3. The normalized spacial score (nSPS) is 18.7. The van der Waals surface area contributed by atoms with E-state index in [1.807, 2.05) is 108 Å². The van der Waals surface area contributed by atoms with E-state index in [1.165, 1.54) is 19.0 Å². The molecule has 0 amide bonds. The molecule has 6 aromatic heterocycles. The summed E-state index contributed by atoms with van der Waals surface area (Å²) in [4.78, 5) is 103. The monoisotopic (exact) mass is 1840 g/mol. The second-order valence-electron chi connectivity index (χ2n) is 32.0. The van der Waals surface area contributed by atoms with E-state index in [-0.39, 0.29) is 108 Å². The van der Waals surface area contributed by atoms with Crippen molar-refractivity contribution in [3.63, 3.8) is 0 Å². The van der Waals surface area contributed by atoms with Crippen LogP contribution in [-0.2, 0) is 103 Å². The molecule has 3 saturated heterocycles. The SMILES string of the molecule is CC(C)CCOC(=O)C[C@H](NP(=O)(CO[C@H]1CO[C@@H](n2cnc3c(N)ncnc32)C1)Oc1ccccc1)C(=O)OCCC(C)C.CC(C)OC(=O)[C@H](C)NP(=O)(CO[C@H]1CO[C@@H](n2cnc3c(N)ncnc32)C1)Oc1ccccc1.CCCOC(=O)[C@H](Cc1ccccc1)NP(=O)(CO[C@H]1CO[C@@H](n2cnc3c(N)ncnc32)C1)N[C@@H](Cc1ccccc1)C(=O)OCCC. The molecule has 0 aliphatic carbocycles. The Labute approximate surface area is 747 Å². The van der Waals surface area contributed by atoms with Crippen molar-refractivity contribution in [2.45, 2.75) is 194 Å².